The first kappa shape index (κ1) is 20.0. The van der Waals surface area contributed by atoms with Crippen molar-refractivity contribution in [3.05, 3.63) is 119 Å². The van der Waals surface area contributed by atoms with Gasteiger partial charge in [-0.15, -0.1) is 0 Å². The summed E-state index contributed by atoms with van der Waals surface area (Å²) in [6, 6.07) is 25.4. The maximum atomic E-state index is 13.2. The molecule has 6 heteroatoms. The third-order valence-corrected chi connectivity index (χ3v) is 4.69. The van der Waals surface area contributed by atoms with Crippen LogP contribution < -0.4 is 4.74 Å². The number of hydrogen-bond acceptors (Lipinski definition) is 5. The summed E-state index contributed by atoms with van der Waals surface area (Å²) >= 11 is 0. The highest BCUT2D eigenvalue weighted by atomic mass is 16.5. The molecule has 0 spiro atoms. The number of ketones is 1. The fourth-order valence-corrected chi connectivity index (χ4v) is 3.16. The number of esters is 1. The molecule has 0 aliphatic carbocycles. The average molecular weight is 410 g/mol. The Morgan fingerprint density at radius 1 is 0.710 bits per heavy atom. The summed E-state index contributed by atoms with van der Waals surface area (Å²) in [7, 11) is 0. The van der Waals surface area contributed by atoms with Gasteiger partial charge in [0.25, 0.3) is 5.91 Å². The van der Waals surface area contributed by atoms with Crippen LogP contribution in [-0.4, -0.2) is 27.4 Å². The Labute approximate surface area is 178 Å². The zero-order valence-corrected chi connectivity index (χ0v) is 16.7. The minimum absolute atomic E-state index is 0.0692. The van der Waals surface area contributed by atoms with Crippen LogP contribution in [0.25, 0.3) is 0 Å². The van der Waals surface area contributed by atoms with Crippen molar-refractivity contribution in [1.29, 1.82) is 0 Å². The van der Waals surface area contributed by atoms with Crippen LogP contribution in [-0.2, 0) is 0 Å². The lowest BCUT2D eigenvalue weighted by Gasteiger charge is -2.09. The Morgan fingerprint density at radius 3 is 1.74 bits per heavy atom. The largest absolute Gasteiger partial charge is 0.403 e. The molecule has 0 saturated carbocycles. The van der Waals surface area contributed by atoms with Gasteiger partial charge >= 0.3 is 5.97 Å². The van der Waals surface area contributed by atoms with E-state index in [9.17, 15) is 14.4 Å². The maximum absolute atomic E-state index is 13.2. The van der Waals surface area contributed by atoms with Crippen LogP contribution >= 0.6 is 0 Å². The number of hydrogen-bond donors (Lipinski definition) is 0. The van der Waals surface area contributed by atoms with Crippen LogP contribution in [0.5, 0.6) is 5.88 Å². The quantitative estimate of drug-likeness (QED) is 0.361. The highest BCUT2D eigenvalue weighted by molar-refractivity contribution is 6.12. The molecule has 0 atom stereocenters. The van der Waals surface area contributed by atoms with Gasteiger partial charge in [0.15, 0.2) is 5.78 Å². The van der Waals surface area contributed by atoms with Crippen molar-refractivity contribution in [2.24, 2.45) is 0 Å². The molecule has 0 amide bonds. The second kappa shape index (κ2) is 8.59. The Hall–Kier alpha value is -4.32. The van der Waals surface area contributed by atoms with E-state index in [2.05, 4.69) is 5.10 Å². The molecule has 0 fully saturated rings. The number of carbonyl (C=O) groups is 3. The van der Waals surface area contributed by atoms with E-state index in [0.29, 0.717) is 11.1 Å². The third-order valence-electron chi connectivity index (χ3n) is 4.69. The lowest BCUT2D eigenvalue weighted by Crippen LogP contribution is -2.19. The van der Waals surface area contributed by atoms with Crippen LogP contribution in [0.3, 0.4) is 0 Å². The van der Waals surface area contributed by atoms with Crippen LogP contribution in [0.1, 0.15) is 42.3 Å². The van der Waals surface area contributed by atoms with Gasteiger partial charge in [-0.2, -0.15) is 9.78 Å². The van der Waals surface area contributed by atoms with Crippen molar-refractivity contribution in [2.45, 2.75) is 6.92 Å². The van der Waals surface area contributed by atoms with Gasteiger partial charge in [-0.1, -0.05) is 66.7 Å². The van der Waals surface area contributed by atoms with E-state index < -0.39 is 11.9 Å². The third kappa shape index (κ3) is 4.04. The predicted octanol–water partition coefficient (Wildman–Crippen LogP) is 4.33. The number of benzene rings is 3. The first-order valence-corrected chi connectivity index (χ1v) is 9.62. The maximum Gasteiger partial charge on any atom is 0.344 e. The first-order valence-electron chi connectivity index (χ1n) is 9.62. The van der Waals surface area contributed by atoms with Crippen molar-refractivity contribution in [3.63, 3.8) is 0 Å². The summed E-state index contributed by atoms with van der Waals surface area (Å²) in [4.78, 5) is 39.1. The Balaban J connectivity index is 1.83. The summed E-state index contributed by atoms with van der Waals surface area (Å²) in [5.41, 5.74) is 1.39. The molecule has 0 N–H and O–H groups in total. The molecule has 0 bridgehead atoms. The molecule has 0 unspecified atom stereocenters. The molecule has 1 aromatic heterocycles. The minimum atomic E-state index is -0.690. The molecule has 1 heterocycles. The van der Waals surface area contributed by atoms with E-state index in [1.807, 2.05) is 0 Å². The summed E-state index contributed by atoms with van der Waals surface area (Å²) in [5.74, 6) is -1.79. The summed E-state index contributed by atoms with van der Waals surface area (Å²) < 4.78 is 6.56. The van der Waals surface area contributed by atoms with Crippen molar-refractivity contribution in [2.75, 3.05) is 0 Å². The molecule has 0 aliphatic rings. The fraction of sp³-hybridized carbons (Fsp3) is 0.0400. The van der Waals surface area contributed by atoms with Crippen LogP contribution in [0, 0.1) is 6.92 Å². The highest BCUT2D eigenvalue weighted by Gasteiger charge is 2.29. The summed E-state index contributed by atoms with van der Waals surface area (Å²) in [6.07, 6.45) is 0. The first-order chi connectivity index (χ1) is 15.1. The zero-order chi connectivity index (χ0) is 21.8. The topological polar surface area (TPSA) is 78.3 Å². The molecule has 6 nitrogen and oxygen atoms in total. The van der Waals surface area contributed by atoms with E-state index in [4.69, 9.17) is 4.74 Å². The Morgan fingerprint density at radius 2 is 1.19 bits per heavy atom. The zero-order valence-electron chi connectivity index (χ0n) is 16.7. The Kier molecular flexibility index (Phi) is 5.53. The monoisotopic (exact) mass is 410 g/mol. The molecule has 31 heavy (non-hydrogen) atoms. The SMILES string of the molecule is Cc1nn(C(=O)c2ccccc2)c(OC(=O)c2ccccc2)c1C(=O)c1ccccc1. The van der Waals surface area contributed by atoms with Gasteiger partial charge in [0.2, 0.25) is 5.88 Å². The van der Waals surface area contributed by atoms with Gasteiger partial charge in [-0.05, 0) is 31.2 Å². The molecule has 3 aromatic carbocycles. The van der Waals surface area contributed by atoms with Crippen molar-refractivity contribution >= 4 is 17.7 Å². The molecule has 4 rings (SSSR count). The van der Waals surface area contributed by atoms with Gasteiger partial charge < -0.3 is 4.74 Å². The van der Waals surface area contributed by atoms with E-state index in [-0.39, 0.29) is 28.5 Å². The number of carbonyl (C=O) groups excluding carboxylic acids is 3. The van der Waals surface area contributed by atoms with Crippen LogP contribution in [0.4, 0.5) is 0 Å². The summed E-state index contributed by atoms with van der Waals surface area (Å²) in [5, 5.41) is 4.25. The molecule has 0 saturated heterocycles. The smallest absolute Gasteiger partial charge is 0.344 e. The number of aryl methyl sites for hydroxylation is 1. The molecular formula is C25H18N2O4. The van der Waals surface area contributed by atoms with E-state index in [1.165, 1.54) is 0 Å². The van der Waals surface area contributed by atoms with Gasteiger partial charge in [0, 0.05) is 11.1 Å². The lowest BCUT2D eigenvalue weighted by atomic mass is 10.0. The van der Waals surface area contributed by atoms with Gasteiger partial charge in [-0.3, -0.25) is 9.59 Å². The summed E-state index contributed by atoms with van der Waals surface area (Å²) in [6.45, 7) is 1.60. The van der Waals surface area contributed by atoms with Crippen molar-refractivity contribution in [3.8, 4) is 5.88 Å². The number of ether oxygens (including phenoxy) is 1. The molecule has 152 valence electrons. The standard InChI is InChI=1S/C25H18N2O4/c1-17-21(22(28)18-11-5-2-6-12-18)24(31-25(30)20-15-9-4-10-16-20)27(26-17)23(29)19-13-7-3-8-14-19/h2-16H,1H3. The van der Waals surface area contributed by atoms with Gasteiger partial charge in [-0.25, -0.2) is 4.79 Å². The lowest BCUT2D eigenvalue weighted by molar-refractivity contribution is 0.0711. The van der Waals surface area contributed by atoms with Gasteiger partial charge in [0.1, 0.15) is 5.56 Å². The molecule has 0 aliphatic heterocycles. The Bertz CT molecular complexity index is 1250. The molecular weight excluding hydrogens is 392 g/mol. The second-order valence-corrected chi connectivity index (χ2v) is 6.80. The minimum Gasteiger partial charge on any atom is -0.403 e. The highest BCUT2D eigenvalue weighted by Crippen LogP contribution is 2.27. The number of nitrogens with zero attached hydrogens (tertiary/aromatic N) is 2. The van der Waals surface area contributed by atoms with Crippen molar-refractivity contribution in [1.82, 2.24) is 9.78 Å². The number of rotatable bonds is 5. The van der Waals surface area contributed by atoms with E-state index in [1.54, 1.807) is 97.9 Å². The second-order valence-electron chi connectivity index (χ2n) is 6.80. The number of aromatic nitrogens is 2. The molecule has 0 radical (unpaired) electrons. The predicted molar refractivity (Wildman–Crippen MR) is 114 cm³/mol. The van der Waals surface area contributed by atoms with Gasteiger partial charge in [0.05, 0.1) is 11.3 Å². The molecule has 4 aromatic rings. The van der Waals surface area contributed by atoms with Crippen LogP contribution in [0.15, 0.2) is 91.0 Å². The average Bonchev–Trinajstić information content (AvgIpc) is 3.15. The van der Waals surface area contributed by atoms with E-state index >= 15 is 0 Å². The normalized spacial score (nSPS) is 10.5. The van der Waals surface area contributed by atoms with Crippen LogP contribution in [0.2, 0.25) is 0 Å². The fourth-order valence-electron chi connectivity index (χ4n) is 3.16. The van der Waals surface area contributed by atoms with Crippen molar-refractivity contribution < 1.29 is 19.1 Å². The van der Waals surface area contributed by atoms with E-state index in [0.717, 1.165) is 4.68 Å².